The second kappa shape index (κ2) is 5.55. The molecule has 6 heteroatoms. The highest BCUT2D eigenvalue weighted by Gasteiger charge is 2.26. The van der Waals surface area contributed by atoms with Crippen LogP contribution < -0.4 is 10.9 Å². The Labute approximate surface area is 121 Å². The monoisotopic (exact) mass is 287 g/mol. The molecule has 0 atom stereocenters. The minimum Gasteiger partial charge on any atom is -0.466 e. The van der Waals surface area contributed by atoms with E-state index in [0.717, 1.165) is 24.4 Å². The van der Waals surface area contributed by atoms with Gasteiger partial charge in [0.15, 0.2) is 0 Å². The van der Waals surface area contributed by atoms with E-state index in [1.54, 1.807) is 0 Å². The van der Waals surface area contributed by atoms with Crippen LogP contribution in [-0.2, 0) is 6.42 Å². The van der Waals surface area contributed by atoms with Crippen molar-refractivity contribution in [2.75, 3.05) is 6.54 Å². The fourth-order valence-electron chi connectivity index (χ4n) is 2.15. The van der Waals surface area contributed by atoms with Gasteiger partial charge in [0.1, 0.15) is 22.9 Å². The van der Waals surface area contributed by atoms with Crippen molar-refractivity contribution >= 4 is 5.91 Å². The van der Waals surface area contributed by atoms with E-state index in [9.17, 15) is 9.59 Å². The standard InChI is InChI=1S/C15H17N3O3/c1-9-2-5-11(21-9)6-7-16-14(19)12-8-17-13(10-3-4-10)18-15(12)20/h2,5,8,10H,3-4,6-7H2,1H3,(H,16,19)(H,17,18,20). The predicted molar refractivity (Wildman–Crippen MR) is 76.3 cm³/mol. The SMILES string of the molecule is Cc1ccc(CCNC(=O)c2cnc(C3CC3)[nH]c2=O)o1. The maximum absolute atomic E-state index is 12.0. The summed E-state index contributed by atoms with van der Waals surface area (Å²) in [7, 11) is 0. The van der Waals surface area contributed by atoms with Gasteiger partial charge in [-0.3, -0.25) is 9.59 Å². The maximum atomic E-state index is 12.0. The topological polar surface area (TPSA) is 88.0 Å². The second-order valence-electron chi connectivity index (χ2n) is 5.30. The molecule has 2 aromatic rings. The lowest BCUT2D eigenvalue weighted by atomic mass is 10.2. The third kappa shape index (κ3) is 3.21. The number of hydrogen-bond donors (Lipinski definition) is 2. The average molecular weight is 287 g/mol. The molecule has 0 saturated heterocycles. The van der Waals surface area contributed by atoms with Crippen molar-refractivity contribution in [3.05, 3.63) is 51.6 Å². The van der Waals surface area contributed by atoms with E-state index < -0.39 is 5.91 Å². The number of carbonyl (C=O) groups excluding carboxylic acids is 1. The van der Waals surface area contributed by atoms with Crippen LogP contribution in [0.3, 0.4) is 0 Å². The summed E-state index contributed by atoms with van der Waals surface area (Å²) in [5.41, 5.74) is -0.326. The Hall–Kier alpha value is -2.37. The Balaban J connectivity index is 1.58. The largest absolute Gasteiger partial charge is 0.466 e. The molecule has 0 spiro atoms. The van der Waals surface area contributed by atoms with Crippen molar-refractivity contribution < 1.29 is 9.21 Å². The summed E-state index contributed by atoms with van der Waals surface area (Å²) in [5.74, 6) is 2.28. The highest BCUT2D eigenvalue weighted by molar-refractivity contribution is 5.93. The summed E-state index contributed by atoms with van der Waals surface area (Å²) in [5, 5.41) is 2.70. The molecule has 2 heterocycles. The van der Waals surface area contributed by atoms with Crippen LogP contribution in [-0.4, -0.2) is 22.4 Å². The number of carbonyl (C=O) groups is 1. The first-order valence-electron chi connectivity index (χ1n) is 7.06. The van der Waals surface area contributed by atoms with Crippen LogP contribution in [0.25, 0.3) is 0 Å². The third-order valence-electron chi connectivity index (χ3n) is 3.48. The number of hydrogen-bond acceptors (Lipinski definition) is 4. The van der Waals surface area contributed by atoms with E-state index in [2.05, 4.69) is 15.3 Å². The van der Waals surface area contributed by atoms with Crippen molar-refractivity contribution in [2.24, 2.45) is 0 Å². The molecule has 110 valence electrons. The number of rotatable bonds is 5. The summed E-state index contributed by atoms with van der Waals surface area (Å²) in [6.07, 6.45) is 4.05. The lowest BCUT2D eigenvalue weighted by molar-refractivity contribution is 0.0951. The zero-order chi connectivity index (χ0) is 14.8. The molecule has 0 unspecified atom stereocenters. The second-order valence-corrected chi connectivity index (χ2v) is 5.30. The van der Waals surface area contributed by atoms with Gasteiger partial charge in [-0.25, -0.2) is 4.98 Å². The third-order valence-corrected chi connectivity index (χ3v) is 3.48. The van der Waals surface area contributed by atoms with Gasteiger partial charge in [0.25, 0.3) is 11.5 Å². The molecule has 0 aliphatic heterocycles. The van der Waals surface area contributed by atoms with E-state index in [1.165, 1.54) is 6.20 Å². The fourth-order valence-corrected chi connectivity index (χ4v) is 2.15. The first kappa shape index (κ1) is 13.6. The van der Waals surface area contributed by atoms with Gasteiger partial charge in [-0.15, -0.1) is 0 Å². The van der Waals surface area contributed by atoms with Gasteiger partial charge in [-0.2, -0.15) is 0 Å². The van der Waals surface area contributed by atoms with Crippen LogP contribution >= 0.6 is 0 Å². The molecule has 1 aliphatic carbocycles. The number of amides is 1. The zero-order valence-electron chi connectivity index (χ0n) is 11.8. The van der Waals surface area contributed by atoms with E-state index in [0.29, 0.717) is 24.7 Å². The Kier molecular flexibility index (Phi) is 3.60. The molecule has 1 saturated carbocycles. The molecule has 0 aromatic carbocycles. The normalized spacial score (nSPS) is 14.1. The molecule has 3 rings (SSSR count). The molecular formula is C15H17N3O3. The zero-order valence-corrected chi connectivity index (χ0v) is 11.8. The van der Waals surface area contributed by atoms with Crippen molar-refractivity contribution in [1.29, 1.82) is 0 Å². The molecule has 0 radical (unpaired) electrons. The molecule has 6 nitrogen and oxygen atoms in total. The molecule has 2 aromatic heterocycles. The minimum atomic E-state index is -0.408. The minimum absolute atomic E-state index is 0.0509. The molecule has 1 fully saturated rings. The summed E-state index contributed by atoms with van der Waals surface area (Å²) >= 11 is 0. The van der Waals surface area contributed by atoms with E-state index >= 15 is 0 Å². The molecule has 1 amide bonds. The number of furan rings is 1. The highest BCUT2D eigenvalue weighted by Crippen LogP contribution is 2.37. The van der Waals surface area contributed by atoms with Crippen LogP contribution in [0.1, 0.15) is 46.5 Å². The average Bonchev–Trinajstić information content (AvgIpc) is 3.22. The number of H-pyrrole nitrogens is 1. The van der Waals surface area contributed by atoms with Crippen LogP contribution in [0.5, 0.6) is 0 Å². The summed E-state index contributed by atoms with van der Waals surface area (Å²) < 4.78 is 5.41. The lowest BCUT2D eigenvalue weighted by Crippen LogP contribution is -2.31. The van der Waals surface area contributed by atoms with E-state index in [1.807, 2.05) is 19.1 Å². The van der Waals surface area contributed by atoms with Crippen molar-refractivity contribution in [3.8, 4) is 0 Å². The van der Waals surface area contributed by atoms with Gasteiger partial charge in [0, 0.05) is 25.1 Å². The first-order valence-corrected chi connectivity index (χ1v) is 7.06. The smallest absolute Gasteiger partial charge is 0.263 e. The quantitative estimate of drug-likeness (QED) is 0.872. The van der Waals surface area contributed by atoms with Crippen LogP contribution in [0.15, 0.2) is 27.5 Å². The number of nitrogens with one attached hydrogen (secondary N) is 2. The maximum Gasteiger partial charge on any atom is 0.263 e. The Morgan fingerprint density at radius 1 is 1.48 bits per heavy atom. The number of aromatic nitrogens is 2. The van der Waals surface area contributed by atoms with Crippen LogP contribution in [0, 0.1) is 6.92 Å². The van der Waals surface area contributed by atoms with Crippen LogP contribution in [0.2, 0.25) is 0 Å². The number of aromatic amines is 1. The lowest BCUT2D eigenvalue weighted by Gasteiger charge is -2.04. The first-order chi connectivity index (χ1) is 10.1. The Morgan fingerprint density at radius 2 is 2.29 bits per heavy atom. The number of nitrogens with zero attached hydrogens (tertiary/aromatic N) is 1. The molecule has 2 N–H and O–H groups in total. The van der Waals surface area contributed by atoms with E-state index in [-0.39, 0.29) is 11.1 Å². The summed E-state index contributed by atoms with van der Waals surface area (Å²) in [6.45, 7) is 2.28. The molecule has 21 heavy (non-hydrogen) atoms. The van der Waals surface area contributed by atoms with Crippen LogP contribution in [0.4, 0.5) is 0 Å². The van der Waals surface area contributed by atoms with Gasteiger partial charge in [0.05, 0.1) is 0 Å². The van der Waals surface area contributed by atoms with Gasteiger partial charge >= 0.3 is 0 Å². The van der Waals surface area contributed by atoms with Crippen molar-refractivity contribution in [2.45, 2.75) is 32.1 Å². The van der Waals surface area contributed by atoms with Crippen molar-refractivity contribution in [3.63, 3.8) is 0 Å². The van der Waals surface area contributed by atoms with Gasteiger partial charge < -0.3 is 14.7 Å². The Bertz CT molecular complexity index is 713. The van der Waals surface area contributed by atoms with Gasteiger partial charge in [0.2, 0.25) is 0 Å². The summed E-state index contributed by atoms with van der Waals surface area (Å²) in [6, 6.07) is 3.75. The predicted octanol–water partition coefficient (Wildman–Crippen LogP) is 1.52. The molecule has 1 aliphatic rings. The molecule has 0 bridgehead atoms. The van der Waals surface area contributed by atoms with Gasteiger partial charge in [-0.05, 0) is 31.9 Å². The van der Waals surface area contributed by atoms with Crippen molar-refractivity contribution in [1.82, 2.24) is 15.3 Å². The highest BCUT2D eigenvalue weighted by atomic mass is 16.3. The fraction of sp³-hybridized carbons (Fsp3) is 0.400. The molecular weight excluding hydrogens is 270 g/mol. The number of aryl methyl sites for hydroxylation is 1. The summed E-state index contributed by atoms with van der Waals surface area (Å²) in [4.78, 5) is 30.7. The van der Waals surface area contributed by atoms with Gasteiger partial charge in [-0.1, -0.05) is 0 Å². The Morgan fingerprint density at radius 3 is 2.90 bits per heavy atom. The van der Waals surface area contributed by atoms with E-state index in [4.69, 9.17) is 4.42 Å².